The zero-order valence-electron chi connectivity index (χ0n) is 9.71. The fourth-order valence-corrected chi connectivity index (χ4v) is 1.80. The minimum Gasteiger partial charge on any atom is -0.307 e. The average molecular weight is 241 g/mol. The highest BCUT2D eigenvalue weighted by molar-refractivity contribution is 6.05. The summed E-state index contributed by atoms with van der Waals surface area (Å²) in [6.07, 6.45) is 3.49. The first-order chi connectivity index (χ1) is 8.72. The van der Waals surface area contributed by atoms with Crippen molar-refractivity contribution in [2.24, 2.45) is 7.05 Å². The van der Waals surface area contributed by atoms with Crippen LogP contribution in [0.1, 0.15) is 10.4 Å². The van der Waals surface area contributed by atoms with Gasteiger partial charge >= 0.3 is 0 Å². The van der Waals surface area contributed by atoms with Crippen LogP contribution in [0.3, 0.4) is 0 Å². The first-order valence-electron chi connectivity index (χ1n) is 5.46. The third-order valence-corrected chi connectivity index (χ3v) is 2.63. The summed E-state index contributed by atoms with van der Waals surface area (Å²) in [7, 11) is 1.85. The molecule has 6 heteroatoms. The smallest absolute Gasteiger partial charge is 0.256 e. The van der Waals surface area contributed by atoms with Gasteiger partial charge in [0.25, 0.3) is 5.91 Å². The van der Waals surface area contributed by atoms with Crippen molar-refractivity contribution in [2.75, 3.05) is 5.32 Å². The molecule has 0 aliphatic heterocycles. The second kappa shape index (κ2) is 3.99. The molecule has 0 radical (unpaired) electrons. The van der Waals surface area contributed by atoms with Crippen LogP contribution in [0.15, 0.2) is 36.7 Å². The second-order valence-electron chi connectivity index (χ2n) is 4.00. The van der Waals surface area contributed by atoms with Crippen molar-refractivity contribution in [3.05, 3.63) is 42.2 Å². The summed E-state index contributed by atoms with van der Waals surface area (Å²) in [5.74, 6) is 0.382. The third kappa shape index (κ3) is 1.84. The molecule has 0 saturated carbocycles. The molecular formula is C12H11N5O. The molecule has 0 spiro atoms. The van der Waals surface area contributed by atoms with E-state index in [0.717, 1.165) is 10.9 Å². The minimum absolute atomic E-state index is 0.188. The number of aromatic nitrogens is 4. The van der Waals surface area contributed by atoms with E-state index in [1.807, 2.05) is 19.3 Å². The van der Waals surface area contributed by atoms with Gasteiger partial charge in [-0.05, 0) is 12.1 Å². The molecule has 6 nitrogen and oxygen atoms in total. The standard InChI is InChI=1S/C12H11N5O/c1-17-7-9-3-2-8(6-10(9)16-17)12(18)14-11-4-5-13-15-11/h2-7H,1H3,(H2,13,14,15,18). The molecule has 1 aromatic carbocycles. The number of hydrogen-bond donors (Lipinski definition) is 2. The summed E-state index contributed by atoms with van der Waals surface area (Å²) in [5.41, 5.74) is 1.37. The normalized spacial score (nSPS) is 10.7. The Labute approximate surface area is 103 Å². The van der Waals surface area contributed by atoms with Gasteiger partial charge in [-0.25, -0.2) is 0 Å². The van der Waals surface area contributed by atoms with Gasteiger partial charge in [-0.1, -0.05) is 6.07 Å². The van der Waals surface area contributed by atoms with Gasteiger partial charge in [0.2, 0.25) is 0 Å². The highest BCUT2D eigenvalue weighted by atomic mass is 16.1. The summed E-state index contributed by atoms with van der Waals surface area (Å²) < 4.78 is 1.72. The molecule has 2 heterocycles. The van der Waals surface area contributed by atoms with E-state index in [9.17, 15) is 4.79 Å². The van der Waals surface area contributed by atoms with E-state index in [1.165, 1.54) is 0 Å². The largest absolute Gasteiger partial charge is 0.307 e. The number of amides is 1. The summed E-state index contributed by atoms with van der Waals surface area (Å²) in [4.78, 5) is 12.0. The number of rotatable bonds is 2. The van der Waals surface area contributed by atoms with Crippen molar-refractivity contribution in [1.82, 2.24) is 20.0 Å². The lowest BCUT2D eigenvalue weighted by atomic mass is 10.1. The molecule has 1 amide bonds. The van der Waals surface area contributed by atoms with Gasteiger partial charge < -0.3 is 5.32 Å². The van der Waals surface area contributed by atoms with Gasteiger partial charge in [0.15, 0.2) is 0 Å². The van der Waals surface area contributed by atoms with Crippen molar-refractivity contribution in [1.29, 1.82) is 0 Å². The van der Waals surface area contributed by atoms with Crippen LogP contribution >= 0.6 is 0 Å². The highest BCUT2D eigenvalue weighted by Crippen LogP contribution is 2.14. The van der Waals surface area contributed by atoms with Crippen molar-refractivity contribution in [3.8, 4) is 0 Å². The van der Waals surface area contributed by atoms with Crippen LogP contribution in [0.2, 0.25) is 0 Å². The topological polar surface area (TPSA) is 75.6 Å². The lowest BCUT2D eigenvalue weighted by Gasteiger charge is -2.01. The van der Waals surface area contributed by atoms with E-state index >= 15 is 0 Å². The molecule has 0 unspecified atom stereocenters. The number of hydrogen-bond acceptors (Lipinski definition) is 3. The zero-order valence-corrected chi connectivity index (χ0v) is 9.71. The molecule has 2 aromatic heterocycles. The van der Waals surface area contributed by atoms with Gasteiger partial charge in [-0.2, -0.15) is 10.2 Å². The molecule has 0 atom stereocenters. The van der Waals surface area contributed by atoms with E-state index in [-0.39, 0.29) is 5.91 Å². The maximum atomic E-state index is 12.0. The fraction of sp³-hybridized carbons (Fsp3) is 0.0833. The molecule has 0 bridgehead atoms. The number of aryl methyl sites for hydroxylation is 1. The Bertz CT molecular complexity index is 698. The fourth-order valence-electron chi connectivity index (χ4n) is 1.80. The number of carbonyl (C=O) groups is 1. The monoisotopic (exact) mass is 241 g/mol. The van der Waals surface area contributed by atoms with Crippen LogP contribution in [-0.4, -0.2) is 25.9 Å². The molecule has 0 aliphatic carbocycles. The Morgan fingerprint density at radius 2 is 2.28 bits per heavy atom. The summed E-state index contributed by atoms with van der Waals surface area (Å²) in [6, 6.07) is 7.11. The molecule has 0 aliphatic rings. The van der Waals surface area contributed by atoms with Crippen molar-refractivity contribution >= 4 is 22.6 Å². The Balaban J connectivity index is 1.91. The van der Waals surface area contributed by atoms with E-state index in [4.69, 9.17) is 0 Å². The van der Waals surface area contributed by atoms with Gasteiger partial charge in [0, 0.05) is 30.3 Å². The molecule has 3 rings (SSSR count). The van der Waals surface area contributed by atoms with Crippen molar-refractivity contribution in [3.63, 3.8) is 0 Å². The Morgan fingerprint density at radius 1 is 1.39 bits per heavy atom. The molecular weight excluding hydrogens is 230 g/mol. The molecule has 2 N–H and O–H groups in total. The van der Waals surface area contributed by atoms with Crippen molar-refractivity contribution in [2.45, 2.75) is 0 Å². The molecule has 0 saturated heterocycles. The SMILES string of the molecule is Cn1cc2ccc(C(=O)Nc3ccn[nH]3)cc2n1. The van der Waals surface area contributed by atoms with E-state index in [2.05, 4.69) is 20.6 Å². The molecule has 90 valence electrons. The Morgan fingerprint density at radius 3 is 3.06 bits per heavy atom. The Hall–Kier alpha value is -2.63. The second-order valence-corrected chi connectivity index (χ2v) is 4.00. The number of aromatic amines is 1. The lowest BCUT2D eigenvalue weighted by molar-refractivity contribution is 0.102. The van der Waals surface area contributed by atoms with Crippen LogP contribution in [-0.2, 0) is 7.05 Å². The number of nitrogens with one attached hydrogen (secondary N) is 2. The molecule has 18 heavy (non-hydrogen) atoms. The lowest BCUT2D eigenvalue weighted by Crippen LogP contribution is -2.11. The maximum Gasteiger partial charge on any atom is 0.256 e. The van der Waals surface area contributed by atoms with E-state index in [0.29, 0.717) is 11.4 Å². The predicted octanol–water partition coefficient (Wildman–Crippen LogP) is 1.55. The van der Waals surface area contributed by atoms with Crippen LogP contribution in [0, 0.1) is 0 Å². The number of carbonyl (C=O) groups excluding carboxylic acids is 1. The van der Waals surface area contributed by atoms with Crippen LogP contribution in [0.25, 0.3) is 10.9 Å². The Kier molecular flexibility index (Phi) is 2.33. The van der Waals surface area contributed by atoms with Gasteiger partial charge in [0.05, 0.1) is 11.7 Å². The third-order valence-electron chi connectivity index (χ3n) is 2.63. The number of H-pyrrole nitrogens is 1. The van der Waals surface area contributed by atoms with E-state index in [1.54, 1.807) is 29.1 Å². The predicted molar refractivity (Wildman–Crippen MR) is 67.3 cm³/mol. The first-order valence-corrected chi connectivity index (χ1v) is 5.46. The number of anilines is 1. The number of benzene rings is 1. The first kappa shape index (κ1) is 10.5. The van der Waals surface area contributed by atoms with Gasteiger partial charge in [0.1, 0.15) is 5.82 Å². The average Bonchev–Trinajstić information content (AvgIpc) is 2.95. The summed E-state index contributed by atoms with van der Waals surface area (Å²) in [6.45, 7) is 0. The quantitative estimate of drug-likeness (QED) is 0.714. The van der Waals surface area contributed by atoms with E-state index < -0.39 is 0 Å². The molecule has 3 aromatic rings. The molecule has 0 fully saturated rings. The van der Waals surface area contributed by atoms with Crippen LogP contribution in [0.5, 0.6) is 0 Å². The highest BCUT2D eigenvalue weighted by Gasteiger charge is 2.08. The van der Waals surface area contributed by atoms with Gasteiger partial charge in [-0.3, -0.25) is 14.6 Å². The minimum atomic E-state index is -0.188. The van der Waals surface area contributed by atoms with Gasteiger partial charge in [-0.15, -0.1) is 0 Å². The maximum absolute atomic E-state index is 12.0. The zero-order chi connectivity index (χ0) is 12.5. The van der Waals surface area contributed by atoms with Crippen LogP contribution in [0.4, 0.5) is 5.82 Å². The van der Waals surface area contributed by atoms with Crippen molar-refractivity contribution < 1.29 is 4.79 Å². The summed E-state index contributed by atoms with van der Waals surface area (Å²) in [5, 5.41) is 14.4. The van der Waals surface area contributed by atoms with Crippen LogP contribution < -0.4 is 5.32 Å². The summed E-state index contributed by atoms with van der Waals surface area (Å²) >= 11 is 0. The number of nitrogens with zero attached hydrogens (tertiary/aromatic N) is 3. The number of fused-ring (bicyclic) bond motifs is 1.